The van der Waals surface area contributed by atoms with Crippen molar-refractivity contribution in [3.05, 3.63) is 64.6 Å². The van der Waals surface area contributed by atoms with Crippen LogP contribution in [0.4, 0.5) is 5.69 Å². The first-order chi connectivity index (χ1) is 13.5. The number of carbonyl (C=O) groups excluding carboxylic acids is 2. The van der Waals surface area contributed by atoms with Crippen LogP contribution in [0.1, 0.15) is 10.5 Å². The van der Waals surface area contributed by atoms with Crippen LogP contribution in [0.25, 0.3) is 10.6 Å². The predicted molar refractivity (Wildman–Crippen MR) is 116 cm³/mol. The lowest BCUT2D eigenvalue weighted by atomic mass is 10.2. The SMILES string of the molecule is CSc1ccccc1NC(=O)CN(C)C(=O)c1csc(-c2ccc(Cl)cc2)n1. The number of amides is 2. The third-order valence-corrected chi connectivity index (χ3v) is 5.86. The number of nitrogens with one attached hydrogen (secondary N) is 1. The molecule has 0 fully saturated rings. The van der Waals surface area contributed by atoms with Gasteiger partial charge >= 0.3 is 0 Å². The molecule has 2 amide bonds. The molecule has 2 aromatic carbocycles. The zero-order chi connectivity index (χ0) is 20.1. The minimum Gasteiger partial charge on any atom is -0.331 e. The minimum atomic E-state index is -0.301. The summed E-state index contributed by atoms with van der Waals surface area (Å²) in [7, 11) is 1.59. The van der Waals surface area contributed by atoms with Crippen LogP contribution >= 0.6 is 34.7 Å². The number of aromatic nitrogens is 1. The van der Waals surface area contributed by atoms with Gasteiger partial charge in [-0.3, -0.25) is 9.59 Å². The van der Waals surface area contributed by atoms with Gasteiger partial charge in [0.15, 0.2) is 0 Å². The Morgan fingerprint density at radius 3 is 2.61 bits per heavy atom. The highest BCUT2D eigenvalue weighted by Crippen LogP contribution is 2.26. The quantitative estimate of drug-likeness (QED) is 0.564. The van der Waals surface area contributed by atoms with Crippen LogP contribution in [0.15, 0.2) is 58.8 Å². The lowest BCUT2D eigenvalue weighted by Gasteiger charge is -2.16. The summed E-state index contributed by atoms with van der Waals surface area (Å²) in [6.45, 7) is -0.0602. The number of nitrogens with zero attached hydrogens (tertiary/aromatic N) is 2. The van der Waals surface area contributed by atoms with Crippen LogP contribution in [-0.4, -0.2) is 41.5 Å². The van der Waals surface area contributed by atoms with Crippen molar-refractivity contribution in [2.45, 2.75) is 4.90 Å². The third-order valence-electron chi connectivity index (χ3n) is 3.92. The van der Waals surface area contributed by atoms with Gasteiger partial charge in [-0.05, 0) is 30.5 Å². The molecule has 0 aliphatic rings. The molecule has 0 atom stereocenters. The Morgan fingerprint density at radius 2 is 1.89 bits per heavy atom. The maximum atomic E-state index is 12.6. The third kappa shape index (κ3) is 4.92. The van der Waals surface area contributed by atoms with E-state index in [2.05, 4.69) is 10.3 Å². The van der Waals surface area contributed by atoms with Gasteiger partial charge in [-0.15, -0.1) is 23.1 Å². The number of para-hydroxylation sites is 1. The summed E-state index contributed by atoms with van der Waals surface area (Å²) in [5, 5.41) is 5.92. The van der Waals surface area contributed by atoms with Crippen molar-refractivity contribution in [2.75, 3.05) is 25.2 Å². The number of carbonyl (C=O) groups is 2. The lowest BCUT2D eigenvalue weighted by Crippen LogP contribution is -2.35. The summed E-state index contributed by atoms with van der Waals surface area (Å²) in [4.78, 5) is 31.7. The van der Waals surface area contributed by atoms with Gasteiger partial charge < -0.3 is 10.2 Å². The van der Waals surface area contributed by atoms with Crippen molar-refractivity contribution < 1.29 is 9.59 Å². The van der Waals surface area contributed by atoms with Crippen molar-refractivity contribution >= 4 is 52.2 Å². The molecule has 144 valence electrons. The van der Waals surface area contributed by atoms with Crippen molar-refractivity contribution in [3.63, 3.8) is 0 Å². The molecule has 0 bridgehead atoms. The largest absolute Gasteiger partial charge is 0.331 e. The summed E-state index contributed by atoms with van der Waals surface area (Å²) >= 11 is 8.83. The van der Waals surface area contributed by atoms with Crippen LogP contribution in [0, 0.1) is 0 Å². The van der Waals surface area contributed by atoms with Gasteiger partial charge in [0.25, 0.3) is 5.91 Å². The highest BCUT2D eigenvalue weighted by molar-refractivity contribution is 7.98. The van der Waals surface area contributed by atoms with Crippen LogP contribution in [-0.2, 0) is 4.79 Å². The van der Waals surface area contributed by atoms with E-state index >= 15 is 0 Å². The number of anilines is 1. The molecule has 0 aliphatic heterocycles. The van der Waals surface area contributed by atoms with E-state index in [1.807, 2.05) is 42.7 Å². The van der Waals surface area contributed by atoms with Crippen LogP contribution in [0.5, 0.6) is 0 Å². The maximum absolute atomic E-state index is 12.6. The number of hydrogen-bond donors (Lipinski definition) is 1. The molecular weight excluding hydrogens is 414 g/mol. The Bertz CT molecular complexity index is 989. The fourth-order valence-corrected chi connectivity index (χ4v) is 4.00. The molecule has 8 heteroatoms. The van der Waals surface area contributed by atoms with Crippen LogP contribution in [0.2, 0.25) is 5.02 Å². The first-order valence-corrected chi connectivity index (χ1v) is 10.9. The number of thiazole rings is 1. The number of thioether (sulfide) groups is 1. The van der Waals surface area contributed by atoms with Crippen molar-refractivity contribution in [3.8, 4) is 10.6 Å². The highest BCUT2D eigenvalue weighted by atomic mass is 35.5. The van der Waals surface area contributed by atoms with Crippen LogP contribution < -0.4 is 5.32 Å². The van der Waals surface area contributed by atoms with Gasteiger partial charge in [-0.2, -0.15) is 0 Å². The molecule has 3 rings (SSSR count). The van der Waals surface area contributed by atoms with Crippen molar-refractivity contribution in [2.24, 2.45) is 0 Å². The topological polar surface area (TPSA) is 62.3 Å². The van der Waals surface area contributed by atoms with Gasteiger partial charge in [-0.25, -0.2) is 4.98 Å². The fourth-order valence-electron chi connectivity index (χ4n) is 2.52. The highest BCUT2D eigenvalue weighted by Gasteiger charge is 2.19. The first-order valence-electron chi connectivity index (χ1n) is 8.37. The van der Waals surface area contributed by atoms with Gasteiger partial charge in [0, 0.05) is 27.9 Å². The summed E-state index contributed by atoms with van der Waals surface area (Å²) in [6.07, 6.45) is 1.95. The van der Waals surface area contributed by atoms with Gasteiger partial charge in [0.05, 0.1) is 12.2 Å². The number of halogens is 1. The van der Waals surface area contributed by atoms with Gasteiger partial charge in [0.1, 0.15) is 10.7 Å². The number of benzene rings is 2. The normalized spacial score (nSPS) is 10.5. The summed E-state index contributed by atoms with van der Waals surface area (Å²) in [6, 6.07) is 14.8. The fraction of sp³-hybridized carbons (Fsp3) is 0.150. The van der Waals surface area contributed by atoms with E-state index in [1.54, 1.807) is 36.3 Å². The molecular formula is C20H18ClN3O2S2. The summed E-state index contributed by atoms with van der Waals surface area (Å²) < 4.78 is 0. The monoisotopic (exact) mass is 431 g/mol. The van der Waals surface area contributed by atoms with E-state index in [0.29, 0.717) is 10.7 Å². The zero-order valence-corrected chi connectivity index (χ0v) is 17.7. The molecule has 3 aromatic rings. The van der Waals surface area contributed by atoms with E-state index in [4.69, 9.17) is 11.6 Å². The average molecular weight is 432 g/mol. The smallest absolute Gasteiger partial charge is 0.273 e. The summed E-state index contributed by atoms with van der Waals surface area (Å²) in [5.74, 6) is -0.560. The maximum Gasteiger partial charge on any atom is 0.273 e. The second kappa shape index (κ2) is 9.23. The van der Waals surface area contributed by atoms with Gasteiger partial charge in [-0.1, -0.05) is 35.9 Å². The lowest BCUT2D eigenvalue weighted by molar-refractivity contribution is -0.116. The minimum absolute atomic E-state index is 0.0602. The molecule has 5 nitrogen and oxygen atoms in total. The number of rotatable bonds is 6. The second-order valence-corrected chi connectivity index (χ2v) is 8.10. The Balaban J connectivity index is 1.64. The molecule has 28 heavy (non-hydrogen) atoms. The second-order valence-electron chi connectivity index (χ2n) is 5.95. The molecule has 0 aliphatic carbocycles. The molecule has 0 radical (unpaired) electrons. The van der Waals surface area contributed by atoms with E-state index < -0.39 is 0 Å². The number of likely N-dealkylation sites (N-methyl/N-ethyl adjacent to an activating group) is 1. The number of hydrogen-bond acceptors (Lipinski definition) is 5. The van der Waals surface area contributed by atoms with E-state index in [9.17, 15) is 9.59 Å². The standard InChI is InChI=1S/C20H18ClN3O2S2/c1-24(11-18(25)22-15-5-3-4-6-17(15)27-2)20(26)16-12-28-19(23-16)13-7-9-14(21)10-8-13/h3-10,12H,11H2,1-2H3,(H,22,25). The van der Waals surface area contributed by atoms with Crippen molar-refractivity contribution in [1.29, 1.82) is 0 Å². The molecule has 0 unspecified atom stereocenters. The van der Waals surface area contributed by atoms with Crippen molar-refractivity contribution in [1.82, 2.24) is 9.88 Å². The summed E-state index contributed by atoms with van der Waals surface area (Å²) in [5.41, 5.74) is 1.94. The Kier molecular flexibility index (Phi) is 6.72. The first kappa shape index (κ1) is 20.4. The zero-order valence-electron chi connectivity index (χ0n) is 15.3. The molecule has 1 aromatic heterocycles. The van der Waals surface area contributed by atoms with E-state index in [-0.39, 0.29) is 18.4 Å². The molecule has 0 spiro atoms. The Labute approximate surface area is 176 Å². The average Bonchev–Trinajstić information content (AvgIpc) is 3.18. The van der Waals surface area contributed by atoms with Gasteiger partial charge in [0.2, 0.25) is 5.91 Å². The molecule has 1 heterocycles. The molecule has 0 saturated carbocycles. The predicted octanol–water partition coefficient (Wildman–Crippen LogP) is 4.90. The Hall–Kier alpha value is -2.35. The molecule has 0 saturated heterocycles. The molecule has 1 N–H and O–H groups in total. The van der Waals surface area contributed by atoms with E-state index in [0.717, 1.165) is 21.2 Å². The van der Waals surface area contributed by atoms with Crippen LogP contribution in [0.3, 0.4) is 0 Å². The Morgan fingerprint density at radius 1 is 1.18 bits per heavy atom. The van der Waals surface area contributed by atoms with E-state index in [1.165, 1.54) is 16.2 Å².